The van der Waals surface area contributed by atoms with Gasteiger partial charge < -0.3 is 14.8 Å². The van der Waals surface area contributed by atoms with Crippen LogP contribution >= 0.6 is 0 Å². The molecule has 1 fully saturated rings. The Morgan fingerprint density at radius 3 is 2.46 bits per heavy atom. The monoisotopic (exact) mass is 471 g/mol. The molecule has 184 valence electrons. The summed E-state index contributed by atoms with van der Waals surface area (Å²) in [6.07, 6.45) is 6.25. The molecule has 0 spiro atoms. The van der Waals surface area contributed by atoms with Gasteiger partial charge in [0.25, 0.3) is 5.91 Å². The molecule has 2 heterocycles. The SMILES string of the molecule is Cc1c(C2c3ccccc3C(=O)N2C(CC(C)C)C(=O)NC2CCCCC2)c2ccccc2n1C. The predicted molar refractivity (Wildman–Crippen MR) is 140 cm³/mol. The highest BCUT2D eigenvalue weighted by Crippen LogP contribution is 2.45. The highest BCUT2D eigenvalue weighted by Gasteiger charge is 2.45. The second kappa shape index (κ2) is 9.52. The van der Waals surface area contributed by atoms with Crippen LogP contribution in [0.2, 0.25) is 0 Å². The highest BCUT2D eigenvalue weighted by molar-refractivity contribution is 6.03. The quantitative estimate of drug-likeness (QED) is 0.487. The van der Waals surface area contributed by atoms with Gasteiger partial charge in [-0.05, 0) is 49.8 Å². The first kappa shape index (κ1) is 23.7. The first-order chi connectivity index (χ1) is 16.9. The summed E-state index contributed by atoms with van der Waals surface area (Å²) in [5.74, 6) is 0.236. The Balaban J connectivity index is 1.63. The number of nitrogens with one attached hydrogen (secondary N) is 1. The third kappa shape index (κ3) is 4.15. The van der Waals surface area contributed by atoms with Crippen molar-refractivity contribution < 1.29 is 9.59 Å². The van der Waals surface area contributed by atoms with E-state index in [0.29, 0.717) is 12.0 Å². The fraction of sp³-hybridized carbons (Fsp3) is 0.467. The maximum absolute atomic E-state index is 14.0. The van der Waals surface area contributed by atoms with Crippen LogP contribution in [0.1, 0.15) is 85.6 Å². The van der Waals surface area contributed by atoms with Gasteiger partial charge in [-0.25, -0.2) is 0 Å². The van der Waals surface area contributed by atoms with E-state index in [9.17, 15) is 9.59 Å². The van der Waals surface area contributed by atoms with Gasteiger partial charge >= 0.3 is 0 Å². The van der Waals surface area contributed by atoms with Gasteiger partial charge in [-0.2, -0.15) is 0 Å². The first-order valence-corrected chi connectivity index (χ1v) is 13.1. The van der Waals surface area contributed by atoms with Crippen LogP contribution < -0.4 is 5.32 Å². The number of hydrogen-bond acceptors (Lipinski definition) is 2. The third-order valence-corrected chi connectivity index (χ3v) is 8.01. The van der Waals surface area contributed by atoms with E-state index in [4.69, 9.17) is 0 Å². The molecular formula is C30H37N3O2. The van der Waals surface area contributed by atoms with Crippen molar-refractivity contribution in [3.8, 4) is 0 Å². The lowest BCUT2D eigenvalue weighted by Gasteiger charge is -2.35. The molecule has 1 saturated carbocycles. The largest absolute Gasteiger partial charge is 0.352 e. The smallest absolute Gasteiger partial charge is 0.255 e. The Morgan fingerprint density at radius 1 is 1.03 bits per heavy atom. The Kier molecular flexibility index (Phi) is 6.43. The second-order valence-corrected chi connectivity index (χ2v) is 10.8. The number of aryl methyl sites for hydroxylation is 1. The van der Waals surface area contributed by atoms with E-state index >= 15 is 0 Å². The molecule has 2 aliphatic rings. The molecule has 35 heavy (non-hydrogen) atoms. The number of para-hydroxylation sites is 1. The molecule has 0 saturated heterocycles. The fourth-order valence-electron chi connectivity index (χ4n) is 6.19. The van der Waals surface area contributed by atoms with E-state index in [-0.39, 0.29) is 29.8 Å². The van der Waals surface area contributed by atoms with E-state index in [1.54, 1.807) is 0 Å². The number of aromatic nitrogens is 1. The zero-order valence-electron chi connectivity index (χ0n) is 21.4. The number of benzene rings is 2. The summed E-state index contributed by atoms with van der Waals surface area (Å²) >= 11 is 0. The van der Waals surface area contributed by atoms with E-state index in [0.717, 1.165) is 53.4 Å². The minimum Gasteiger partial charge on any atom is -0.352 e. The molecule has 1 N–H and O–H groups in total. The molecule has 5 rings (SSSR count). The molecule has 0 radical (unpaired) electrons. The molecule has 3 aromatic rings. The molecular weight excluding hydrogens is 434 g/mol. The molecule has 2 amide bonds. The number of nitrogens with zero attached hydrogens (tertiary/aromatic N) is 2. The lowest BCUT2D eigenvalue weighted by Crippen LogP contribution is -2.52. The number of rotatable bonds is 6. The summed E-state index contributed by atoms with van der Waals surface area (Å²) in [4.78, 5) is 29.7. The number of carbonyl (C=O) groups excluding carboxylic acids is 2. The van der Waals surface area contributed by atoms with Gasteiger partial charge in [0.1, 0.15) is 6.04 Å². The van der Waals surface area contributed by atoms with Crippen molar-refractivity contribution in [2.75, 3.05) is 0 Å². The van der Waals surface area contributed by atoms with E-state index < -0.39 is 6.04 Å². The Labute approximate surface area is 208 Å². The van der Waals surface area contributed by atoms with Crippen LogP contribution in [0.25, 0.3) is 10.9 Å². The molecule has 2 aromatic carbocycles. The molecule has 0 bridgehead atoms. The van der Waals surface area contributed by atoms with Gasteiger partial charge in [0.15, 0.2) is 0 Å². The molecule has 1 aromatic heterocycles. The minimum atomic E-state index is -0.514. The minimum absolute atomic E-state index is 0.00496. The summed E-state index contributed by atoms with van der Waals surface area (Å²) in [7, 11) is 2.08. The lowest BCUT2D eigenvalue weighted by molar-refractivity contribution is -0.127. The summed E-state index contributed by atoms with van der Waals surface area (Å²) < 4.78 is 2.20. The maximum Gasteiger partial charge on any atom is 0.255 e. The second-order valence-electron chi connectivity index (χ2n) is 10.8. The maximum atomic E-state index is 14.0. The van der Waals surface area contributed by atoms with Gasteiger partial charge in [-0.15, -0.1) is 0 Å². The molecule has 1 aliphatic heterocycles. The van der Waals surface area contributed by atoms with Crippen LogP contribution in [0.3, 0.4) is 0 Å². The van der Waals surface area contributed by atoms with Crippen LogP contribution in [0.4, 0.5) is 0 Å². The Morgan fingerprint density at radius 2 is 1.71 bits per heavy atom. The topological polar surface area (TPSA) is 54.3 Å². The first-order valence-electron chi connectivity index (χ1n) is 13.1. The van der Waals surface area contributed by atoms with Crippen molar-refractivity contribution >= 4 is 22.7 Å². The summed E-state index contributed by atoms with van der Waals surface area (Å²) in [6.45, 7) is 6.39. The van der Waals surface area contributed by atoms with Crippen LogP contribution in [0, 0.1) is 12.8 Å². The van der Waals surface area contributed by atoms with Gasteiger partial charge in [-0.3, -0.25) is 9.59 Å². The van der Waals surface area contributed by atoms with Gasteiger partial charge in [0.2, 0.25) is 5.91 Å². The molecule has 5 nitrogen and oxygen atoms in total. The Hall–Kier alpha value is -3.08. The van der Waals surface area contributed by atoms with Crippen molar-refractivity contribution in [2.24, 2.45) is 13.0 Å². The standard InChI is InChI=1S/C30H37N3O2/c1-19(2)18-26(29(34)31-21-12-6-5-7-13-21)33-28(22-14-8-9-15-23(22)30(33)35)27-20(3)32(4)25-17-11-10-16-24(25)27/h8-11,14-17,19,21,26,28H,5-7,12-13,18H2,1-4H3,(H,31,34). The zero-order valence-corrected chi connectivity index (χ0v) is 21.4. The number of carbonyl (C=O) groups is 2. The number of hydrogen-bond donors (Lipinski definition) is 1. The fourth-order valence-corrected chi connectivity index (χ4v) is 6.19. The van der Waals surface area contributed by atoms with Crippen molar-refractivity contribution in [2.45, 2.75) is 77.4 Å². The predicted octanol–water partition coefficient (Wildman–Crippen LogP) is 5.90. The molecule has 5 heteroatoms. The summed E-state index contributed by atoms with van der Waals surface area (Å²) in [5, 5.41) is 4.48. The van der Waals surface area contributed by atoms with E-state index in [2.05, 4.69) is 68.0 Å². The average Bonchev–Trinajstić information content (AvgIpc) is 3.28. The van der Waals surface area contributed by atoms with Crippen LogP contribution in [0.5, 0.6) is 0 Å². The lowest BCUT2D eigenvalue weighted by atomic mass is 9.92. The van der Waals surface area contributed by atoms with E-state index in [1.807, 2.05) is 23.1 Å². The van der Waals surface area contributed by atoms with Gasteiger partial charge in [0.05, 0.1) is 6.04 Å². The van der Waals surface area contributed by atoms with Crippen LogP contribution in [0.15, 0.2) is 48.5 Å². The van der Waals surface area contributed by atoms with E-state index in [1.165, 1.54) is 6.42 Å². The van der Waals surface area contributed by atoms with Crippen molar-refractivity contribution in [1.29, 1.82) is 0 Å². The zero-order chi connectivity index (χ0) is 24.7. The van der Waals surface area contributed by atoms with Crippen LogP contribution in [-0.4, -0.2) is 33.4 Å². The number of fused-ring (bicyclic) bond motifs is 2. The highest BCUT2D eigenvalue weighted by atomic mass is 16.2. The molecule has 2 atom stereocenters. The van der Waals surface area contributed by atoms with Gasteiger partial charge in [-0.1, -0.05) is 69.5 Å². The van der Waals surface area contributed by atoms with Crippen molar-refractivity contribution in [3.05, 3.63) is 70.9 Å². The number of amides is 2. The molecule has 2 unspecified atom stereocenters. The van der Waals surface area contributed by atoms with Crippen molar-refractivity contribution in [3.63, 3.8) is 0 Å². The normalized spacial score (nSPS) is 19.4. The van der Waals surface area contributed by atoms with Crippen LogP contribution in [-0.2, 0) is 11.8 Å². The third-order valence-electron chi connectivity index (χ3n) is 8.01. The average molecular weight is 472 g/mol. The summed E-state index contributed by atoms with van der Waals surface area (Å²) in [6, 6.07) is 15.7. The Bertz CT molecular complexity index is 1250. The summed E-state index contributed by atoms with van der Waals surface area (Å²) in [5.41, 5.74) is 5.10. The van der Waals surface area contributed by atoms with Crippen molar-refractivity contribution in [1.82, 2.24) is 14.8 Å². The van der Waals surface area contributed by atoms with Gasteiger partial charge in [0, 0.05) is 40.8 Å². The molecule has 1 aliphatic carbocycles.